The number of aliphatic hydroxyl groups excluding tert-OH is 1. The van der Waals surface area contributed by atoms with Gasteiger partial charge in [0, 0.05) is 19.6 Å². The van der Waals surface area contributed by atoms with Crippen LogP contribution in [-0.4, -0.2) is 42.2 Å². The average molecular weight is 292 g/mol. The molecule has 0 saturated heterocycles. The van der Waals surface area contributed by atoms with E-state index in [1.165, 1.54) is 12.8 Å². The summed E-state index contributed by atoms with van der Waals surface area (Å²) < 4.78 is 0. The number of carbonyl (C=O) groups excluding carboxylic acids is 1. The maximum absolute atomic E-state index is 12.7. The fourth-order valence-corrected chi connectivity index (χ4v) is 2.47. The molecule has 0 aliphatic rings. The van der Waals surface area contributed by atoms with Gasteiger partial charge in [-0.05, 0) is 12.0 Å². The molecular weight excluding hydrogens is 264 g/mol. The van der Waals surface area contributed by atoms with Gasteiger partial charge in [-0.1, -0.05) is 56.5 Å². The molecule has 0 bridgehead atoms. The lowest BCUT2D eigenvalue weighted by Crippen LogP contribution is -2.40. The molecule has 118 valence electrons. The molecule has 0 radical (unpaired) electrons. The molecule has 0 fully saturated rings. The molecule has 0 aliphatic heterocycles. The van der Waals surface area contributed by atoms with Crippen LogP contribution in [0.1, 0.15) is 44.1 Å². The third-order valence-corrected chi connectivity index (χ3v) is 3.70. The van der Waals surface area contributed by atoms with Crippen molar-refractivity contribution in [2.24, 2.45) is 5.73 Å². The van der Waals surface area contributed by atoms with Crippen LogP contribution in [0.25, 0.3) is 0 Å². The van der Waals surface area contributed by atoms with Crippen LogP contribution in [-0.2, 0) is 4.79 Å². The van der Waals surface area contributed by atoms with Gasteiger partial charge in [-0.25, -0.2) is 0 Å². The lowest BCUT2D eigenvalue weighted by atomic mass is 9.97. The average Bonchev–Trinajstić information content (AvgIpc) is 2.52. The van der Waals surface area contributed by atoms with Crippen LogP contribution in [0, 0.1) is 0 Å². The van der Waals surface area contributed by atoms with Gasteiger partial charge in [-0.15, -0.1) is 0 Å². The third kappa shape index (κ3) is 5.86. The quantitative estimate of drug-likeness (QED) is 0.649. The summed E-state index contributed by atoms with van der Waals surface area (Å²) in [6.45, 7) is 3.53. The maximum Gasteiger partial charge on any atom is 0.231 e. The van der Waals surface area contributed by atoms with Crippen molar-refractivity contribution < 1.29 is 9.90 Å². The number of benzene rings is 1. The molecule has 1 aromatic carbocycles. The van der Waals surface area contributed by atoms with E-state index in [-0.39, 0.29) is 18.4 Å². The second-order valence-corrected chi connectivity index (χ2v) is 5.31. The summed E-state index contributed by atoms with van der Waals surface area (Å²) >= 11 is 0. The van der Waals surface area contributed by atoms with E-state index in [9.17, 15) is 9.90 Å². The van der Waals surface area contributed by atoms with Crippen LogP contribution in [0.2, 0.25) is 0 Å². The molecule has 0 spiro atoms. The number of hydrogen-bond acceptors (Lipinski definition) is 3. The van der Waals surface area contributed by atoms with E-state index in [2.05, 4.69) is 6.92 Å². The molecule has 0 aliphatic carbocycles. The van der Waals surface area contributed by atoms with Crippen molar-refractivity contribution in [1.82, 2.24) is 4.90 Å². The van der Waals surface area contributed by atoms with Gasteiger partial charge < -0.3 is 15.7 Å². The Morgan fingerprint density at radius 2 is 1.90 bits per heavy atom. The summed E-state index contributed by atoms with van der Waals surface area (Å²) in [5, 5.41) is 9.19. The number of hydrogen-bond donors (Lipinski definition) is 2. The number of rotatable bonds is 10. The highest BCUT2D eigenvalue weighted by molar-refractivity contribution is 5.84. The van der Waals surface area contributed by atoms with E-state index < -0.39 is 0 Å². The van der Waals surface area contributed by atoms with Crippen LogP contribution in [0.3, 0.4) is 0 Å². The fraction of sp³-hybridized carbons (Fsp3) is 0.588. The van der Waals surface area contributed by atoms with E-state index in [1.807, 2.05) is 30.3 Å². The van der Waals surface area contributed by atoms with E-state index in [0.717, 1.165) is 18.4 Å². The van der Waals surface area contributed by atoms with Crippen molar-refractivity contribution in [2.45, 2.75) is 38.5 Å². The van der Waals surface area contributed by atoms with E-state index in [4.69, 9.17) is 5.73 Å². The number of carbonyl (C=O) groups is 1. The molecular formula is C17H28N2O2. The summed E-state index contributed by atoms with van der Waals surface area (Å²) in [5.41, 5.74) is 6.75. The summed E-state index contributed by atoms with van der Waals surface area (Å²) in [5.74, 6) is -0.293. The number of unbranched alkanes of at least 4 members (excludes halogenated alkanes) is 3. The molecule has 1 rings (SSSR count). The zero-order valence-electron chi connectivity index (χ0n) is 13.0. The normalized spacial score (nSPS) is 12.1. The Kier molecular flexibility index (Phi) is 8.71. The molecule has 0 saturated carbocycles. The molecule has 21 heavy (non-hydrogen) atoms. The minimum atomic E-state index is -0.316. The first-order valence-corrected chi connectivity index (χ1v) is 7.89. The first-order chi connectivity index (χ1) is 10.2. The zero-order valence-corrected chi connectivity index (χ0v) is 13.0. The van der Waals surface area contributed by atoms with Gasteiger partial charge in [0.15, 0.2) is 0 Å². The third-order valence-electron chi connectivity index (χ3n) is 3.70. The number of amides is 1. The highest BCUT2D eigenvalue weighted by Crippen LogP contribution is 2.18. The van der Waals surface area contributed by atoms with E-state index >= 15 is 0 Å². The smallest absolute Gasteiger partial charge is 0.231 e. The predicted octanol–water partition coefficient (Wildman–Crippen LogP) is 2.13. The number of nitrogens with zero attached hydrogens (tertiary/aromatic N) is 1. The highest BCUT2D eigenvalue weighted by atomic mass is 16.3. The second kappa shape index (κ2) is 10.4. The largest absolute Gasteiger partial charge is 0.395 e. The van der Waals surface area contributed by atoms with Gasteiger partial charge in [0.2, 0.25) is 5.91 Å². The minimum absolute atomic E-state index is 0.00833. The Morgan fingerprint density at radius 3 is 2.48 bits per heavy atom. The molecule has 0 heterocycles. The fourth-order valence-electron chi connectivity index (χ4n) is 2.47. The molecule has 1 unspecified atom stereocenters. The minimum Gasteiger partial charge on any atom is -0.395 e. The lowest BCUT2D eigenvalue weighted by Gasteiger charge is -2.26. The first-order valence-electron chi connectivity index (χ1n) is 7.89. The SMILES string of the molecule is CCCCCCN(CCO)C(=O)C(CN)c1ccccc1. The monoisotopic (exact) mass is 292 g/mol. The summed E-state index contributed by atoms with van der Waals surface area (Å²) in [6, 6.07) is 9.64. The molecule has 4 nitrogen and oxygen atoms in total. The van der Waals surface area contributed by atoms with Crippen molar-refractivity contribution in [3.63, 3.8) is 0 Å². The zero-order chi connectivity index (χ0) is 15.5. The number of nitrogens with two attached hydrogens (primary N) is 1. The molecule has 1 atom stereocenters. The lowest BCUT2D eigenvalue weighted by molar-refractivity contribution is -0.133. The van der Waals surface area contributed by atoms with Crippen LogP contribution < -0.4 is 5.73 Å². The molecule has 1 aromatic rings. The molecule has 4 heteroatoms. The summed E-state index contributed by atoms with van der Waals surface area (Å²) in [6.07, 6.45) is 4.44. The summed E-state index contributed by atoms with van der Waals surface area (Å²) in [4.78, 5) is 14.4. The van der Waals surface area contributed by atoms with Crippen molar-refractivity contribution in [1.29, 1.82) is 0 Å². The van der Waals surface area contributed by atoms with E-state index in [0.29, 0.717) is 19.6 Å². The van der Waals surface area contributed by atoms with Gasteiger partial charge in [0.25, 0.3) is 0 Å². The maximum atomic E-state index is 12.7. The second-order valence-electron chi connectivity index (χ2n) is 5.31. The predicted molar refractivity (Wildman–Crippen MR) is 86.0 cm³/mol. The van der Waals surface area contributed by atoms with Crippen molar-refractivity contribution in [3.05, 3.63) is 35.9 Å². The van der Waals surface area contributed by atoms with Gasteiger partial charge in [0.1, 0.15) is 0 Å². The van der Waals surface area contributed by atoms with Crippen molar-refractivity contribution in [2.75, 3.05) is 26.2 Å². The van der Waals surface area contributed by atoms with Crippen molar-refractivity contribution in [3.8, 4) is 0 Å². The van der Waals surface area contributed by atoms with Gasteiger partial charge in [-0.3, -0.25) is 4.79 Å². The van der Waals surface area contributed by atoms with Crippen LogP contribution >= 0.6 is 0 Å². The highest BCUT2D eigenvalue weighted by Gasteiger charge is 2.24. The van der Waals surface area contributed by atoms with Crippen LogP contribution in [0.4, 0.5) is 0 Å². The van der Waals surface area contributed by atoms with Gasteiger partial charge >= 0.3 is 0 Å². The van der Waals surface area contributed by atoms with Crippen LogP contribution in [0.5, 0.6) is 0 Å². The molecule has 0 aromatic heterocycles. The van der Waals surface area contributed by atoms with Gasteiger partial charge in [0.05, 0.1) is 12.5 Å². The van der Waals surface area contributed by atoms with Crippen LogP contribution in [0.15, 0.2) is 30.3 Å². The first kappa shape index (κ1) is 17.7. The standard InChI is InChI=1S/C17H28N2O2/c1-2-3-4-8-11-19(12-13-20)17(21)16(14-18)15-9-6-5-7-10-15/h5-7,9-10,16,20H,2-4,8,11-14,18H2,1H3. The topological polar surface area (TPSA) is 66.6 Å². The Hall–Kier alpha value is -1.39. The molecule has 1 amide bonds. The Balaban J connectivity index is 2.68. The van der Waals surface area contributed by atoms with E-state index in [1.54, 1.807) is 4.90 Å². The number of aliphatic hydroxyl groups is 1. The molecule has 3 N–H and O–H groups in total. The Labute approximate surface area is 128 Å². The summed E-state index contributed by atoms with van der Waals surface area (Å²) in [7, 11) is 0. The van der Waals surface area contributed by atoms with Crippen molar-refractivity contribution >= 4 is 5.91 Å². The van der Waals surface area contributed by atoms with Gasteiger partial charge in [-0.2, -0.15) is 0 Å². The Bertz CT molecular complexity index is 395. The Morgan fingerprint density at radius 1 is 1.19 bits per heavy atom.